The summed E-state index contributed by atoms with van der Waals surface area (Å²) in [6.45, 7) is 0.516. The molecule has 2 aromatic heterocycles. The van der Waals surface area contributed by atoms with E-state index in [9.17, 15) is 0 Å². The Kier molecular flexibility index (Phi) is 3.65. The monoisotopic (exact) mass is 377 g/mol. The highest BCUT2D eigenvalue weighted by atomic mass is 35.5. The largest absolute Gasteiger partial charge is 0.339 e. The van der Waals surface area contributed by atoms with Crippen LogP contribution in [-0.4, -0.2) is 17.2 Å². The minimum absolute atomic E-state index is 0.516. The van der Waals surface area contributed by atoms with Crippen LogP contribution in [0.25, 0.3) is 21.0 Å². The molecule has 0 spiro atoms. The van der Waals surface area contributed by atoms with Gasteiger partial charge in [0.25, 0.3) is 0 Å². The summed E-state index contributed by atoms with van der Waals surface area (Å²) in [7, 11) is 0. The molecule has 0 saturated heterocycles. The number of benzene rings is 2. The molecule has 1 aliphatic rings. The number of anilines is 2. The second-order valence-electron chi connectivity index (χ2n) is 5.92. The van der Waals surface area contributed by atoms with Gasteiger partial charge in [-0.2, -0.15) is 5.11 Å². The first-order valence-electron chi connectivity index (χ1n) is 8.05. The maximum atomic E-state index is 5.98. The number of pyridine rings is 1. The summed E-state index contributed by atoms with van der Waals surface area (Å²) in [5, 5.41) is 20.2. The number of hydrogen-bond acceptors (Lipinski definition) is 6. The van der Waals surface area contributed by atoms with Crippen molar-refractivity contribution in [2.24, 2.45) is 15.4 Å². The van der Waals surface area contributed by atoms with Crippen molar-refractivity contribution in [2.45, 2.75) is 0 Å². The molecule has 26 heavy (non-hydrogen) atoms. The minimum Gasteiger partial charge on any atom is -0.339 e. The van der Waals surface area contributed by atoms with Crippen molar-refractivity contribution < 1.29 is 0 Å². The summed E-state index contributed by atoms with van der Waals surface area (Å²) in [5.74, 6) is 0.838. The van der Waals surface area contributed by atoms with Crippen LogP contribution in [0.1, 0.15) is 5.56 Å². The van der Waals surface area contributed by atoms with Gasteiger partial charge in [0.2, 0.25) is 0 Å². The van der Waals surface area contributed by atoms with Crippen molar-refractivity contribution in [2.75, 3.05) is 11.9 Å². The molecule has 0 fully saturated rings. The maximum Gasteiger partial charge on any atom is 0.149 e. The van der Waals surface area contributed by atoms with Crippen molar-refractivity contribution in [3.63, 3.8) is 0 Å². The first-order chi connectivity index (χ1) is 12.8. The summed E-state index contributed by atoms with van der Waals surface area (Å²) in [6, 6.07) is 16.0. The molecule has 1 N–H and O–H groups in total. The lowest BCUT2D eigenvalue weighted by atomic mass is 10.1. The molecule has 0 atom stereocenters. The molecule has 0 bridgehead atoms. The molecule has 0 unspecified atom stereocenters. The predicted octanol–water partition coefficient (Wildman–Crippen LogP) is 6.02. The summed E-state index contributed by atoms with van der Waals surface area (Å²) in [5.41, 5.74) is 3.73. The fourth-order valence-electron chi connectivity index (χ4n) is 3.03. The molecule has 1 aliphatic heterocycles. The zero-order chi connectivity index (χ0) is 17.5. The van der Waals surface area contributed by atoms with Crippen LogP contribution in [0, 0.1) is 0 Å². The van der Waals surface area contributed by atoms with Gasteiger partial charge in [-0.1, -0.05) is 23.7 Å². The zero-order valence-corrected chi connectivity index (χ0v) is 15.1. The molecule has 0 amide bonds. The number of rotatable bonds is 3. The molecule has 0 aliphatic carbocycles. The topological polar surface area (TPSA) is 62.0 Å². The van der Waals surface area contributed by atoms with Crippen LogP contribution in [-0.2, 0) is 0 Å². The van der Waals surface area contributed by atoms with Crippen LogP contribution in [0.2, 0.25) is 5.02 Å². The summed E-state index contributed by atoms with van der Waals surface area (Å²) >= 11 is 7.66. The number of thiophene rings is 1. The highest BCUT2D eigenvalue weighted by Gasteiger charge is 2.13. The summed E-state index contributed by atoms with van der Waals surface area (Å²) in [6.07, 6.45) is 0. The van der Waals surface area contributed by atoms with Gasteiger partial charge >= 0.3 is 0 Å². The fraction of sp³-hybridized carbons (Fsp3) is 0.0526. The average Bonchev–Trinajstić information content (AvgIpc) is 3.35. The van der Waals surface area contributed by atoms with Crippen molar-refractivity contribution in [1.29, 1.82) is 0 Å². The second-order valence-corrected chi connectivity index (χ2v) is 7.28. The maximum absolute atomic E-state index is 5.98. The molecular formula is C19H12ClN5S. The molecule has 4 aromatic rings. The van der Waals surface area contributed by atoms with Crippen LogP contribution in [0.15, 0.2) is 69.3 Å². The number of halogens is 1. The summed E-state index contributed by atoms with van der Waals surface area (Å²) < 4.78 is 1.13. The highest BCUT2D eigenvalue weighted by molar-refractivity contribution is 7.18. The van der Waals surface area contributed by atoms with Crippen LogP contribution >= 0.6 is 22.9 Å². The van der Waals surface area contributed by atoms with Gasteiger partial charge in [0.15, 0.2) is 0 Å². The van der Waals surface area contributed by atoms with E-state index in [0.29, 0.717) is 11.6 Å². The number of hydrogen-bond donors (Lipinski definition) is 1. The highest BCUT2D eigenvalue weighted by Crippen LogP contribution is 2.35. The molecular weight excluding hydrogens is 366 g/mol. The molecule has 0 saturated carbocycles. The van der Waals surface area contributed by atoms with Crippen LogP contribution in [0.3, 0.4) is 0 Å². The van der Waals surface area contributed by atoms with E-state index < -0.39 is 0 Å². The lowest BCUT2D eigenvalue weighted by Gasteiger charge is -2.10. The Balaban J connectivity index is 1.65. The van der Waals surface area contributed by atoms with E-state index in [4.69, 9.17) is 16.6 Å². The molecule has 5 nitrogen and oxygen atoms in total. The third kappa shape index (κ3) is 2.64. The van der Waals surface area contributed by atoms with Gasteiger partial charge in [0.1, 0.15) is 12.4 Å². The lowest BCUT2D eigenvalue weighted by molar-refractivity contribution is 1.06. The Bertz CT molecular complexity index is 1190. The standard InChI is InChI=1S/C19H12ClN5S/c20-12-2-4-13(5-3-12)22-19-18-15(7-8-26-18)14-6-1-11(9-16(14)23-19)17-10-21-25-24-17/h1-9H,10H2,(H,22,23). The molecule has 0 radical (unpaired) electrons. The van der Waals surface area contributed by atoms with E-state index >= 15 is 0 Å². The van der Waals surface area contributed by atoms with Crippen LogP contribution < -0.4 is 5.32 Å². The minimum atomic E-state index is 0.516. The van der Waals surface area contributed by atoms with Gasteiger partial charge in [-0.15, -0.1) is 16.4 Å². The Morgan fingerprint density at radius 3 is 2.69 bits per heavy atom. The number of nitrogens with zero attached hydrogens (tertiary/aromatic N) is 4. The van der Waals surface area contributed by atoms with Crippen molar-refractivity contribution in [1.82, 2.24) is 4.98 Å². The van der Waals surface area contributed by atoms with Gasteiger partial charge in [0.05, 0.1) is 15.9 Å². The number of nitrogens with one attached hydrogen (secondary N) is 1. The first kappa shape index (κ1) is 15.4. The van der Waals surface area contributed by atoms with Crippen LogP contribution in [0.5, 0.6) is 0 Å². The van der Waals surface area contributed by atoms with E-state index in [1.54, 1.807) is 11.3 Å². The molecule has 5 rings (SSSR count). The quantitative estimate of drug-likeness (QED) is 0.474. The van der Waals surface area contributed by atoms with Crippen molar-refractivity contribution in [3.8, 4) is 0 Å². The Labute approximate surface area is 158 Å². The number of aromatic nitrogens is 1. The summed E-state index contributed by atoms with van der Waals surface area (Å²) in [4.78, 5) is 4.88. The van der Waals surface area contributed by atoms with E-state index in [-0.39, 0.29) is 0 Å². The zero-order valence-electron chi connectivity index (χ0n) is 13.5. The SMILES string of the molecule is Clc1ccc(Nc2nc3cc(C4=NN=NC4)ccc3c3ccsc23)cc1. The smallest absolute Gasteiger partial charge is 0.149 e. The predicted molar refractivity (Wildman–Crippen MR) is 108 cm³/mol. The molecule has 7 heteroatoms. The lowest BCUT2D eigenvalue weighted by Crippen LogP contribution is -2.02. The normalized spacial score (nSPS) is 13.5. The Hall–Kier alpha value is -2.83. The van der Waals surface area contributed by atoms with E-state index in [0.717, 1.165) is 38.4 Å². The van der Waals surface area contributed by atoms with E-state index in [1.165, 1.54) is 5.39 Å². The average molecular weight is 378 g/mol. The first-order valence-corrected chi connectivity index (χ1v) is 9.31. The van der Waals surface area contributed by atoms with Gasteiger partial charge < -0.3 is 5.32 Å². The van der Waals surface area contributed by atoms with Gasteiger partial charge in [-0.05, 0) is 47.0 Å². The van der Waals surface area contributed by atoms with Gasteiger partial charge in [-0.25, -0.2) is 4.98 Å². The second kappa shape index (κ2) is 6.16. The van der Waals surface area contributed by atoms with Crippen molar-refractivity contribution >= 4 is 61.1 Å². The third-order valence-corrected chi connectivity index (χ3v) is 5.46. The third-order valence-electron chi connectivity index (χ3n) is 4.29. The molecule has 126 valence electrons. The van der Waals surface area contributed by atoms with E-state index in [1.807, 2.05) is 24.3 Å². The van der Waals surface area contributed by atoms with Gasteiger partial charge in [0, 0.05) is 27.0 Å². The molecule has 2 aromatic carbocycles. The van der Waals surface area contributed by atoms with Crippen molar-refractivity contribution in [3.05, 3.63) is 64.5 Å². The Morgan fingerprint density at radius 2 is 1.88 bits per heavy atom. The van der Waals surface area contributed by atoms with E-state index in [2.05, 4.69) is 50.4 Å². The number of fused-ring (bicyclic) bond motifs is 3. The molecule has 3 heterocycles. The fourth-order valence-corrected chi connectivity index (χ4v) is 4.01. The van der Waals surface area contributed by atoms with Crippen LogP contribution in [0.4, 0.5) is 11.5 Å². The van der Waals surface area contributed by atoms with Gasteiger partial charge in [-0.3, -0.25) is 0 Å². The Morgan fingerprint density at radius 1 is 1.00 bits per heavy atom.